The largest absolute Gasteiger partial charge is 0.353 e. The average molecular weight is 236 g/mol. The van der Waals surface area contributed by atoms with E-state index in [1.807, 2.05) is 0 Å². The highest BCUT2D eigenvalue weighted by molar-refractivity contribution is 5.83. The van der Waals surface area contributed by atoms with Crippen LogP contribution in [0.1, 0.15) is 45.4 Å². The normalized spacial score (nSPS) is 32.6. The number of hydrogen-bond acceptors (Lipinski definition) is 2. The molecule has 0 aromatic rings. The van der Waals surface area contributed by atoms with E-state index in [9.17, 15) is 4.79 Å². The molecular formula is C14H24N2O. The van der Waals surface area contributed by atoms with Gasteiger partial charge in [0.2, 0.25) is 5.91 Å². The molecule has 1 saturated heterocycles. The zero-order chi connectivity index (χ0) is 12.1. The molecule has 0 radical (unpaired) electrons. The Bertz CT molecular complexity index is 293. The Balaban J connectivity index is 1.94. The van der Waals surface area contributed by atoms with Crippen LogP contribution in [0.15, 0.2) is 12.2 Å². The Kier molecular flexibility index (Phi) is 4.21. The molecule has 2 aliphatic rings. The van der Waals surface area contributed by atoms with Crippen molar-refractivity contribution < 1.29 is 4.79 Å². The summed E-state index contributed by atoms with van der Waals surface area (Å²) in [7, 11) is 0. The highest BCUT2D eigenvalue weighted by atomic mass is 16.2. The Labute approximate surface area is 104 Å². The first-order valence-corrected chi connectivity index (χ1v) is 6.93. The molecule has 1 aliphatic carbocycles. The molecular weight excluding hydrogens is 212 g/mol. The van der Waals surface area contributed by atoms with Crippen LogP contribution in [0.2, 0.25) is 0 Å². The first-order valence-electron chi connectivity index (χ1n) is 6.93. The molecule has 2 unspecified atom stereocenters. The maximum absolute atomic E-state index is 12.5. The van der Waals surface area contributed by atoms with Gasteiger partial charge in [-0.05, 0) is 38.6 Å². The third kappa shape index (κ3) is 2.89. The highest BCUT2D eigenvalue weighted by Crippen LogP contribution is 2.31. The monoisotopic (exact) mass is 236 g/mol. The van der Waals surface area contributed by atoms with E-state index < -0.39 is 0 Å². The lowest BCUT2D eigenvalue weighted by atomic mass is 9.81. The minimum atomic E-state index is -0.129. The smallest absolute Gasteiger partial charge is 0.227 e. The van der Waals surface area contributed by atoms with Crippen molar-refractivity contribution in [1.82, 2.24) is 10.6 Å². The van der Waals surface area contributed by atoms with Crippen LogP contribution in [0.5, 0.6) is 0 Å². The maximum atomic E-state index is 12.5. The van der Waals surface area contributed by atoms with Crippen LogP contribution >= 0.6 is 0 Å². The number of rotatable bonds is 4. The van der Waals surface area contributed by atoms with Crippen molar-refractivity contribution in [3.63, 3.8) is 0 Å². The summed E-state index contributed by atoms with van der Waals surface area (Å²) in [5.41, 5.74) is -0.129. The molecule has 2 rings (SSSR count). The minimum Gasteiger partial charge on any atom is -0.353 e. The maximum Gasteiger partial charge on any atom is 0.227 e. The van der Waals surface area contributed by atoms with Crippen molar-refractivity contribution in [2.45, 2.75) is 51.5 Å². The highest BCUT2D eigenvalue weighted by Gasteiger charge is 2.40. The first-order chi connectivity index (χ1) is 8.27. The van der Waals surface area contributed by atoms with Gasteiger partial charge in [-0.1, -0.05) is 25.5 Å². The van der Waals surface area contributed by atoms with Gasteiger partial charge in [0.1, 0.15) is 0 Å². The molecule has 1 aliphatic heterocycles. The van der Waals surface area contributed by atoms with Crippen molar-refractivity contribution in [2.24, 2.45) is 5.41 Å². The second kappa shape index (κ2) is 5.67. The number of hydrogen-bond donors (Lipinski definition) is 2. The zero-order valence-corrected chi connectivity index (χ0v) is 10.8. The van der Waals surface area contributed by atoms with Crippen LogP contribution in [0.4, 0.5) is 0 Å². The molecule has 0 spiro atoms. The molecule has 1 amide bonds. The Hall–Kier alpha value is -0.830. The fraction of sp³-hybridized carbons (Fsp3) is 0.786. The molecule has 96 valence electrons. The Morgan fingerprint density at radius 1 is 1.53 bits per heavy atom. The number of nitrogens with one attached hydrogen (secondary N) is 2. The topological polar surface area (TPSA) is 41.1 Å². The second-order valence-corrected chi connectivity index (χ2v) is 5.41. The number of amides is 1. The fourth-order valence-electron chi connectivity index (χ4n) is 3.01. The lowest BCUT2D eigenvalue weighted by Crippen LogP contribution is -2.47. The van der Waals surface area contributed by atoms with Crippen molar-refractivity contribution in [1.29, 1.82) is 0 Å². The summed E-state index contributed by atoms with van der Waals surface area (Å²) < 4.78 is 0. The molecule has 3 nitrogen and oxygen atoms in total. The molecule has 1 fully saturated rings. The third-order valence-electron chi connectivity index (χ3n) is 4.06. The van der Waals surface area contributed by atoms with Gasteiger partial charge in [-0.2, -0.15) is 0 Å². The van der Waals surface area contributed by atoms with E-state index in [-0.39, 0.29) is 11.3 Å². The molecule has 2 N–H and O–H groups in total. The van der Waals surface area contributed by atoms with Crippen LogP contribution in [0.3, 0.4) is 0 Å². The van der Waals surface area contributed by atoms with Crippen molar-refractivity contribution in [3.05, 3.63) is 12.2 Å². The van der Waals surface area contributed by atoms with Crippen LogP contribution in [0, 0.1) is 5.41 Å². The van der Waals surface area contributed by atoms with Crippen LogP contribution in [0.25, 0.3) is 0 Å². The van der Waals surface area contributed by atoms with Gasteiger partial charge in [0.05, 0.1) is 5.41 Å². The zero-order valence-electron chi connectivity index (χ0n) is 10.8. The van der Waals surface area contributed by atoms with Crippen LogP contribution in [-0.2, 0) is 4.79 Å². The van der Waals surface area contributed by atoms with E-state index in [0.717, 1.165) is 51.6 Å². The lowest BCUT2D eigenvalue weighted by molar-refractivity contribution is -0.131. The standard InChI is InChI=1S/C14H24N2O/c1-2-8-14(9-10-15-11-14)13(17)16-12-6-4-3-5-7-12/h3-4,12,15H,2,5-11H2,1H3,(H,16,17). The van der Waals surface area contributed by atoms with E-state index in [1.54, 1.807) is 0 Å². The molecule has 17 heavy (non-hydrogen) atoms. The second-order valence-electron chi connectivity index (χ2n) is 5.41. The fourth-order valence-corrected chi connectivity index (χ4v) is 3.01. The van der Waals surface area contributed by atoms with E-state index in [4.69, 9.17) is 0 Å². The van der Waals surface area contributed by atoms with E-state index in [0.29, 0.717) is 6.04 Å². The molecule has 0 aromatic heterocycles. The average Bonchev–Trinajstić information content (AvgIpc) is 2.81. The lowest BCUT2D eigenvalue weighted by Gasteiger charge is -2.30. The molecule has 0 saturated carbocycles. The Morgan fingerprint density at radius 3 is 3.00 bits per heavy atom. The van der Waals surface area contributed by atoms with Gasteiger partial charge in [-0.3, -0.25) is 4.79 Å². The molecule has 0 bridgehead atoms. The minimum absolute atomic E-state index is 0.129. The number of carbonyl (C=O) groups excluding carboxylic acids is 1. The summed E-state index contributed by atoms with van der Waals surface area (Å²) in [5.74, 6) is 0.282. The number of allylic oxidation sites excluding steroid dienone is 1. The van der Waals surface area contributed by atoms with E-state index in [1.165, 1.54) is 0 Å². The van der Waals surface area contributed by atoms with Crippen molar-refractivity contribution >= 4 is 5.91 Å². The van der Waals surface area contributed by atoms with Gasteiger partial charge >= 0.3 is 0 Å². The molecule has 1 heterocycles. The summed E-state index contributed by atoms with van der Waals surface area (Å²) >= 11 is 0. The predicted octanol–water partition coefficient (Wildman–Crippen LogP) is 1.99. The van der Waals surface area contributed by atoms with Crippen LogP contribution < -0.4 is 10.6 Å². The van der Waals surface area contributed by atoms with Gasteiger partial charge in [-0.25, -0.2) is 0 Å². The van der Waals surface area contributed by atoms with Gasteiger partial charge < -0.3 is 10.6 Å². The first kappa shape index (κ1) is 12.6. The van der Waals surface area contributed by atoms with Gasteiger partial charge in [0.25, 0.3) is 0 Å². The van der Waals surface area contributed by atoms with E-state index in [2.05, 4.69) is 29.7 Å². The summed E-state index contributed by atoms with van der Waals surface area (Å²) in [6.07, 6.45) is 10.7. The summed E-state index contributed by atoms with van der Waals surface area (Å²) in [6, 6.07) is 0.363. The SMILES string of the molecule is CCCC1(C(=O)NC2CC=CCC2)CCNC1. The summed E-state index contributed by atoms with van der Waals surface area (Å²) in [5, 5.41) is 6.60. The van der Waals surface area contributed by atoms with Crippen molar-refractivity contribution in [2.75, 3.05) is 13.1 Å². The third-order valence-corrected chi connectivity index (χ3v) is 4.06. The van der Waals surface area contributed by atoms with Gasteiger partial charge in [0, 0.05) is 12.6 Å². The molecule has 3 heteroatoms. The molecule has 0 aromatic carbocycles. The summed E-state index contributed by atoms with van der Waals surface area (Å²) in [4.78, 5) is 12.5. The predicted molar refractivity (Wildman–Crippen MR) is 69.7 cm³/mol. The molecule has 2 atom stereocenters. The number of carbonyl (C=O) groups is 1. The van der Waals surface area contributed by atoms with Gasteiger partial charge in [0.15, 0.2) is 0 Å². The summed E-state index contributed by atoms with van der Waals surface area (Å²) in [6.45, 7) is 4.00. The van der Waals surface area contributed by atoms with E-state index >= 15 is 0 Å². The quantitative estimate of drug-likeness (QED) is 0.733. The van der Waals surface area contributed by atoms with Crippen LogP contribution in [-0.4, -0.2) is 25.0 Å². The Morgan fingerprint density at radius 2 is 2.41 bits per heavy atom. The van der Waals surface area contributed by atoms with Crippen molar-refractivity contribution in [3.8, 4) is 0 Å². The van der Waals surface area contributed by atoms with Gasteiger partial charge in [-0.15, -0.1) is 0 Å².